The Morgan fingerprint density at radius 1 is 1.33 bits per heavy atom. The molecule has 1 rings (SSSR count). The maximum atomic E-state index is 5.10. The largest absolute Gasteiger partial charge is 0.338 e. The summed E-state index contributed by atoms with van der Waals surface area (Å²) >= 11 is 1.84. The van der Waals surface area contributed by atoms with E-state index in [-0.39, 0.29) is 0 Å². The van der Waals surface area contributed by atoms with Gasteiger partial charge in [0.05, 0.1) is 12.3 Å². The van der Waals surface area contributed by atoms with Crippen molar-refractivity contribution < 1.29 is 4.52 Å². The van der Waals surface area contributed by atoms with E-state index in [0.29, 0.717) is 12.4 Å². The van der Waals surface area contributed by atoms with Gasteiger partial charge in [0.25, 0.3) is 0 Å². The first-order valence-corrected chi connectivity index (χ1v) is 6.62. The second-order valence-corrected chi connectivity index (χ2v) is 4.44. The third-order valence-corrected chi connectivity index (χ3v) is 2.95. The van der Waals surface area contributed by atoms with Crippen molar-refractivity contribution in [3.8, 4) is 0 Å². The van der Waals surface area contributed by atoms with Gasteiger partial charge >= 0.3 is 0 Å². The molecule has 4 nitrogen and oxygen atoms in total. The van der Waals surface area contributed by atoms with Crippen LogP contribution in [0.4, 0.5) is 0 Å². The molecule has 0 saturated heterocycles. The molecule has 1 N–H and O–H groups in total. The number of hydrogen-bond acceptors (Lipinski definition) is 5. The van der Waals surface area contributed by atoms with Crippen LogP contribution in [0, 0.1) is 0 Å². The second-order valence-electron chi connectivity index (χ2n) is 3.33. The molecule has 5 heteroatoms. The topological polar surface area (TPSA) is 51.0 Å². The van der Waals surface area contributed by atoms with Gasteiger partial charge in [-0.05, 0) is 25.1 Å². The highest BCUT2D eigenvalue weighted by atomic mass is 32.2. The van der Waals surface area contributed by atoms with Gasteiger partial charge in [0.1, 0.15) is 0 Å². The molecule has 0 bridgehead atoms. The van der Waals surface area contributed by atoms with E-state index in [1.807, 2.05) is 11.8 Å². The highest BCUT2D eigenvalue weighted by molar-refractivity contribution is 7.98. The van der Waals surface area contributed by atoms with Gasteiger partial charge in [-0.15, -0.1) is 0 Å². The maximum Gasteiger partial charge on any atom is 0.240 e. The highest BCUT2D eigenvalue weighted by Crippen LogP contribution is 2.10. The highest BCUT2D eigenvalue weighted by Gasteiger charge is 2.04. The first-order chi connectivity index (χ1) is 7.36. The first-order valence-electron chi connectivity index (χ1n) is 5.46. The fraction of sp³-hybridized carbons (Fsp3) is 0.800. The zero-order valence-electron chi connectivity index (χ0n) is 9.45. The van der Waals surface area contributed by atoms with Crippen LogP contribution in [0.15, 0.2) is 4.52 Å². The van der Waals surface area contributed by atoms with E-state index in [4.69, 9.17) is 4.52 Å². The zero-order valence-corrected chi connectivity index (χ0v) is 10.3. The van der Waals surface area contributed by atoms with Crippen molar-refractivity contribution in [3.63, 3.8) is 0 Å². The summed E-state index contributed by atoms with van der Waals surface area (Å²) < 4.78 is 5.10. The van der Waals surface area contributed by atoms with Crippen molar-refractivity contribution in [2.45, 2.75) is 39.0 Å². The van der Waals surface area contributed by atoms with Crippen LogP contribution < -0.4 is 5.32 Å². The quantitative estimate of drug-likeness (QED) is 0.693. The minimum absolute atomic E-state index is 0.680. The number of nitrogens with zero attached hydrogens (tertiary/aromatic N) is 2. The lowest BCUT2D eigenvalue weighted by Gasteiger charge is -1.95. The van der Waals surface area contributed by atoms with E-state index in [1.165, 1.54) is 6.42 Å². The summed E-state index contributed by atoms with van der Waals surface area (Å²) in [6.45, 7) is 5.97. The number of thioether (sulfide) groups is 1. The third-order valence-electron chi connectivity index (χ3n) is 1.79. The monoisotopic (exact) mass is 229 g/mol. The molecule has 0 aliphatic carbocycles. The lowest BCUT2D eigenvalue weighted by molar-refractivity contribution is 0.364. The average molecular weight is 229 g/mol. The molecule has 0 amide bonds. The van der Waals surface area contributed by atoms with Gasteiger partial charge in [-0.2, -0.15) is 16.7 Å². The normalized spacial score (nSPS) is 10.8. The van der Waals surface area contributed by atoms with Gasteiger partial charge < -0.3 is 9.84 Å². The lowest BCUT2D eigenvalue weighted by atomic mass is 10.5. The molecule has 0 spiro atoms. The molecule has 0 saturated carbocycles. The van der Waals surface area contributed by atoms with E-state index in [0.717, 1.165) is 30.3 Å². The predicted molar refractivity (Wildman–Crippen MR) is 62.7 cm³/mol. The second kappa shape index (κ2) is 7.70. The summed E-state index contributed by atoms with van der Waals surface area (Å²) in [6.07, 6.45) is 2.31. The van der Waals surface area contributed by atoms with Crippen LogP contribution in [0.3, 0.4) is 0 Å². The summed E-state index contributed by atoms with van der Waals surface area (Å²) in [7, 11) is 0. The van der Waals surface area contributed by atoms with Crippen LogP contribution >= 0.6 is 11.8 Å². The first kappa shape index (κ1) is 12.5. The molecule has 1 aromatic rings. The van der Waals surface area contributed by atoms with Gasteiger partial charge in [-0.1, -0.05) is 19.0 Å². The molecule has 0 aliphatic rings. The molecule has 1 heterocycles. The molecule has 15 heavy (non-hydrogen) atoms. The van der Waals surface area contributed by atoms with E-state index in [2.05, 4.69) is 29.3 Å². The Kier molecular flexibility index (Phi) is 6.43. The number of rotatable bonds is 8. The minimum atomic E-state index is 0.680. The molecular weight excluding hydrogens is 210 g/mol. The molecule has 0 aliphatic heterocycles. The Bertz CT molecular complexity index is 240. The fourth-order valence-corrected chi connectivity index (χ4v) is 1.83. The molecule has 0 radical (unpaired) electrons. The van der Waals surface area contributed by atoms with Crippen LogP contribution in [-0.2, 0) is 12.3 Å². The van der Waals surface area contributed by atoms with E-state index in [9.17, 15) is 0 Å². The average Bonchev–Trinajstić information content (AvgIpc) is 2.67. The molecule has 0 atom stereocenters. The van der Waals surface area contributed by atoms with E-state index in [1.54, 1.807) is 0 Å². The summed E-state index contributed by atoms with van der Waals surface area (Å²) in [5.74, 6) is 3.50. The molecule has 0 aromatic carbocycles. The Hall–Kier alpha value is -0.550. The Morgan fingerprint density at radius 3 is 2.93 bits per heavy atom. The zero-order chi connectivity index (χ0) is 10.9. The van der Waals surface area contributed by atoms with Gasteiger partial charge in [0.15, 0.2) is 5.82 Å². The van der Waals surface area contributed by atoms with Crippen molar-refractivity contribution in [1.82, 2.24) is 15.5 Å². The van der Waals surface area contributed by atoms with Crippen LogP contribution in [-0.4, -0.2) is 22.4 Å². The van der Waals surface area contributed by atoms with E-state index < -0.39 is 0 Å². The Morgan fingerprint density at radius 2 is 2.20 bits per heavy atom. The van der Waals surface area contributed by atoms with Crippen LogP contribution in [0.25, 0.3) is 0 Å². The van der Waals surface area contributed by atoms with Crippen molar-refractivity contribution in [1.29, 1.82) is 0 Å². The summed E-state index contributed by atoms with van der Waals surface area (Å²) in [6, 6.07) is 0. The molecule has 0 unspecified atom stereocenters. The van der Waals surface area contributed by atoms with Crippen molar-refractivity contribution >= 4 is 11.8 Å². The van der Waals surface area contributed by atoms with Crippen molar-refractivity contribution in [3.05, 3.63) is 11.7 Å². The molecule has 1 aromatic heterocycles. The van der Waals surface area contributed by atoms with Crippen LogP contribution in [0.5, 0.6) is 0 Å². The minimum Gasteiger partial charge on any atom is -0.338 e. The predicted octanol–water partition coefficient (Wildman–Crippen LogP) is 2.21. The summed E-state index contributed by atoms with van der Waals surface area (Å²) in [4.78, 5) is 4.29. The molecule has 0 fully saturated rings. The summed E-state index contributed by atoms with van der Waals surface area (Å²) in [5.41, 5.74) is 0. The Balaban J connectivity index is 2.23. The Labute approximate surface area is 95.2 Å². The smallest absolute Gasteiger partial charge is 0.240 e. The van der Waals surface area contributed by atoms with Crippen molar-refractivity contribution in [2.75, 3.05) is 12.3 Å². The fourth-order valence-electron chi connectivity index (χ4n) is 1.10. The lowest BCUT2D eigenvalue weighted by Crippen LogP contribution is -2.13. The number of aromatic nitrogens is 2. The number of hydrogen-bond donors (Lipinski definition) is 1. The SMILES string of the molecule is CCCNCc1nc(CSCCC)no1. The van der Waals surface area contributed by atoms with Gasteiger partial charge in [0.2, 0.25) is 5.89 Å². The van der Waals surface area contributed by atoms with Gasteiger partial charge in [0, 0.05) is 0 Å². The third kappa shape index (κ3) is 5.18. The van der Waals surface area contributed by atoms with Crippen LogP contribution in [0.1, 0.15) is 38.4 Å². The van der Waals surface area contributed by atoms with Gasteiger partial charge in [-0.3, -0.25) is 0 Å². The molecule has 86 valence electrons. The molecular formula is C10H19N3OS. The standard InChI is InChI=1S/C10H19N3OS/c1-3-5-11-7-10-12-9(13-14-10)8-15-6-4-2/h11H,3-8H2,1-2H3. The summed E-state index contributed by atoms with van der Waals surface area (Å²) in [5, 5.41) is 7.15. The van der Waals surface area contributed by atoms with Crippen LogP contribution in [0.2, 0.25) is 0 Å². The number of nitrogens with one attached hydrogen (secondary N) is 1. The maximum absolute atomic E-state index is 5.10. The van der Waals surface area contributed by atoms with Crippen molar-refractivity contribution in [2.24, 2.45) is 0 Å². The van der Waals surface area contributed by atoms with Gasteiger partial charge in [-0.25, -0.2) is 0 Å². The van der Waals surface area contributed by atoms with E-state index >= 15 is 0 Å².